The molecule has 1 N–H and O–H groups in total. The van der Waals surface area contributed by atoms with Crippen LogP contribution in [0.2, 0.25) is 0 Å². The fourth-order valence-corrected chi connectivity index (χ4v) is 1.99. The van der Waals surface area contributed by atoms with Gasteiger partial charge in [0.15, 0.2) is 5.69 Å². The molecule has 2 aromatic heterocycles. The highest BCUT2D eigenvalue weighted by Crippen LogP contribution is 2.21. The van der Waals surface area contributed by atoms with E-state index < -0.39 is 5.97 Å². The zero-order valence-corrected chi connectivity index (χ0v) is 12.6. The first-order valence-corrected chi connectivity index (χ1v) is 6.75. The predicted octanol–water partition coefficient (Wildman–Crippen LogP) is 2.84. The van der Waals surface area contributed by atoms with E-state index in [0.29, 0.717) is 18.1 Å². The molecule has 0 unspecified atom stereocenters. The van der Waals surface area contributed by atoms with Crippen molar-refractivity contribution >= 4 is 11.7 Å². The van der Waals surface area contributed by atoms with Crippen molar-refractivity contribution in [1.29, 1.82) is 0 Å². The molecule has 21 heavy (non-hydrogen) atoms. The summed E-state index contributed by atoms with van der Waals surface area (Å²) in [5.41, 5.74) is 0.487. The van der Waals surface area contributed by atoms with Crippen LogP contribution < -0.4 is 4.90 Å². The second-order valence-corrected chi connectivity index (χ2v) is 5.29. The molecule has 0 fully saturated rings. The summed E-state index contributed by atoms with van der Waals surface area (Å²) < 4.78 is 5.51. The lowest BCUT2D eigenvalue weighted by molar-refractivity contribution is 0.0690. The fraction of sp³-hybridized carbons (Fsp3) is 0.400. The van der Waals surface area contributed by atoms with Crippen LogP contribution in [0.15, 0.2) is 22.7 Å². The molecule has 0 aliphatic heterocycles. The van der Waals surface area contributed by atoms with Gasteiger partial charge in [-0.2, -0.15) is 0 Å². The maximum Gasteiger partial charge on any atom is 0.356 e. The lowest BCUT2D eigenvalue weighted by Gasteiger charge is -2.19. The van der Waals surface area contributed by atoms with Gasteiger partial charge in [0, 0.05) is 13.0 Å². The average Bonchev–Trinajstić information content (AvgIpc) is 2.83. The molecular formula is C15H19N3O3. The van der Waals surface area contributed by atoms with E-state index in [1.165, 1.54) is 0 Å². The molecule has 2 heterocycles. The lowest BCUT2D eigenvalue weighted by Crippen LogP contribution is -2.21. The Balaban J connectivity index is 2.31. The molecule has 0 saturated carbocycles. The number of carboxylic acids is 1. The van der Waals surface area contributed by atoms with Crippen LogP contribution in [0.5, 0.6) is 0 Å². The van der Waals surface area contributed by atoms with Gasteiger partial charge in [-0.15, -0.1) is 0 Å². The van der Waals surface area contributed by atoms with Gasteiger partial charge < -0.3 is 14.4 Å². The third kappa shape index (κ3) is 3.39. The molecule has 0 radical (unpaired) electrons. The molecule has 0 aliphatic rings. The summed E-state index contributed by atoms with van der Waals surface area (Å²) in [6.07, 6.45) is 1.56. The van der Waals surface area contributed by atoms with Crippen LogP contribution in [0.25, 0.3) is 0 Å². The SMILES string of the molecule is Cc1ccc(CN(C)c2cnc(C(C)C)nc2C(=O)O)o1. The molecule has 0 aromatic carbocycles. The van der Waals surface area contributed by atoms with Gasteiger partial charge in [0.25, 0.3) is 0 Å². The van der Waals surface area contributed by atoms with Crippen molar-refractivity contribution in [1.82, 2.24) is 9.97 Å². The first-order valence-electron chi connectivity index (χ1n) is 6.75. The number of nitrogens with zero attached hydrogens (tertiary/aromatic N) is 3. The number of carbonyl (C=O) groups is 1. The molecular weight excluding hydrogens is 270 g/mol. The van der Waals surface area contributed by atoms with E-state index in [9.17, 15) is 9.90 Å². The number of aryl methyl sites for hydroxylation is 1. The first-order chi connectivity index (χ1) is 9.88. The molecule has 2 rings (SSSR count). The van der Waals surface area contributed by atoms with Gasteiger partial charge in [-0.3, -0.25) is 0 Å². The van der Waals surface area contributed by atoms with Crippen molar-refractivity contribution in [3.63, 3.8) is 0 Å². The Kier molecular flexibility index (Phi) is 4.26. The highest BCUT2D eigenvalue weighted by Gasteiger charge is 2.19. The van der Waals surface area contributed by atoms with Crippen molar-refractivity contribution in [3.8, 4) is 0 Å². The molecule has 112 valence electrons. The van der Waals surface area contributed by atoms with Crippen molar-refractivity contribution in [3.05, 3.63) is 41.4 Å². The Bertz CT molecular complexity index is 649. The van der Waals surface area contributed by atoms with Gasteiger partial charge in [0.2, 0.25) is 0 Å². The van der Waals surface area contributed by atoms with E-state index in [4.69, 9.17) is 4.42 Å². The number of hydrogen-bond donors (Lipinski definition) is 1. The van der Waals surface area contributed by atoms with E-state index in [1.807, 2.05) is 32.9 Å². The molecule has 0 bridgehead atoms. The third-order valence-corrected chi connectivity index (χ3v) is 3.11. The number of anilines is 1. The van der Waals surface area contributed by atoms with E-state index in [-0.39, 0.29) is 11.6 Å². The Morgan fingerprint density at radius 3 is 2.67 bits per heavy atom. The van der Waals surface area contributed by atoms with Crippen LogP contribution in [-0.2, 0) is 6.54 Å². The number of furan rings is 1. The summed E-state index contributed by atoms with van der Waals surface area (Å²) in [5, 5.41) is 9.35. The van der Waals surface area contributed by atoms with E-state index in [1.54, 1.807) is 18.1 Å². The lowest BCUT2D eigenvalue weighted by atomic mass is 10.2. The summed E-state index contributed by atoms with van der Waals surface area (Å²) in [5.74, 6) is 1.13. The Hall–Kier alpha value is -2.37. The summed E-state index contributed by atoms with van der Waals surface area (Å²) in [4.78, 5) is 21.6. The van der Waals surface area contributed by atoms with Crippen LogP contribution in [0.3, 0.4) is 0 Å². The van der Waals surface area contributed by atoms with Crippen LogP contribution in [-0.4, -0.2) is 28.1 Å². The van der Waals surface area contributed by atoms with Crippen molar-refractivity contribution in [2.45, 2.75) is 33.2 Å². The number of aromatic carboxylic acids is 1. The standard InChI is InChI=1S/C15H19N3O3/c1-9(2)14-16-7-12(13(17-14)15(19)20)18(4)8-11-6-5-10(3)21-11/h5-7,9H,8H2,1-4H3,(H,19,20). The summed E-state index contributed by atoms with van der Waals surface area (Å²) in [6.45, 7) is 6.18. The van der Waals surface area contributed by atoms with Crippen molar-refractivity contribution in [2.24, 2.45) is 0 Å². The normalized spacial score (nSPS) is 10.9. The minimum Gasteiger partial charge on any atom is -0.476 e. The molecule has 6 heteroatoms. The predicted molar refractivity (Wildman–Crippen MR) is 78.6 cm³/mol. The van der Waals surface area contributed by atoms with Gasteiger partial charge in [0.1, 0.15) is 17.3 Å². The molecule has 0 aliphatic carbocycles. The maximum absolute atomic E-state index is 11.4. The molecule has 0 atom stereocenters. The fourth-order valence-electron chi connectivity index (χ4n) is 1.99. The van der Waals surface area contributed by atoms with E-state index in [0.717, 1.165) is 11.5 Å². The third-order valence-electron chi connectivity index (χ3n) is 3.11. The molecule has 6 nitrogen and oxygen atoms in total. The smallest absolute Gasteiger partial charge is 0.356 e. The quantitative estimate of drug-likeness (QED) is 0.911. The number of rotatable bonds is 5. The van der Waals surface area contributed by atoms with Crippen LogP contribution in [0.4, 0.5) is 5.69 Å². The number of aromatic nitrogens is 2. The van der Waals surface area contributed by atoms with Gasteiger partial charge in [-0.1, -0.05) is 13.8 Å². The highest BCUT2D eigenvalue weighted by atomic mass is 16.4. The average molecular weight is 289 g/mol. The monoisotopic (exact) mass is 289 g/mol. The first kappa shape index (κ1) is 15.0. The summed E-state index contributed by atoms with van der Waals surface area (Å²) in [6, 6.07) is 3.75. The molecule has 0 saturated heterocycles. The van der Waals surface area contributed by atoms with Crippen LogP contribution in [0.1, 0.15) is 47.6 Å². The molecule has 0 amide bonds. The van der Waals surface area contributed by atoms with Crippen molar-refractivity contribution in [2.75, 3.05) is 11.9 Å². The minimum absolute atomic E-state index is 0.0134. The van der Waals surface area contributed by atoms with Gasteiger partial charge >= 0.3 is 5.97 Å². The van der Waals surface area contributed by atoms with Gasteiger partial charge in [-0.05, 0) is 19.1 Å². The minimum atomic E-state index is -1.06. The largest absolute Gasteiger partial charge is 0.476 e. The van der Waals surface area contributed by atoms with Gasteiger partial charge in [-0.25, -0.2) is 14.8 Å². The van der Waals surface area contributed by atoms with Crippen LogP contribution in [0, 0.1) is 6.92 Å². The summed E-state index contributed by atoms with van der Waals surface area (Å²) in [7, 11) is 1.79. The Labute approximate surface area is 123 Å². The highest BCUT2D eigenvalue weighted by molar-refractivity contribution is 5.91. The second kappa shape index (κ2) is 5.95. The number of hydrogen-bond acceptors (Lipinski definition) is 5. The van der Waals surface area contributed by atoms with Gasteiger partial charge in [0.05, 0.1) is 18.4 Å². The molecule has 0 spiro atoms. The van der Waals surface area contributed by atoms with Crippen LogP contribution >= 0.6 is 0 Å². The topological polar surface area (TPSA) is 79.5 Å². The van der Waals surface area contributed by atoms with Crippen molar-refractivity contribution < 1.29 is 14.3 Å². The second-order valence-electron chi connectivity index (χ2n) is 5.29. The maximum atomic E-state index is 11.4. The Morgan fingerprint density at radius 2 is 2.14 bits per heavy atom. The number of carboxylic acid groups (broad SMARTS) is 1. The summed E-state index contributed by atoms with van der Waals surface area (Å²) >= 11 is 0. The zero-order valence-electron chi connectivity index (χ0n) is 12.6. The molecule has 2 aromatic rings. The zero-order chi connectivity index (χ0) is 15.6. The Morgan fingerprint density at radius 1 is 1.43 bits per heavy atom. The van der Waals surface area contributed by atoms with E-state index >= 15 is 0 Å². The van der Waals surface area contributed by atoms with E-state index in [2.05, 4.69) is 9.97 Å².